The monoisotopic (exact) mass is 288 g/mol. The zero-order valence-corrected chi connectivity index (χ0v) is 11.8. The topological polar surface area (TPSA) is 94.6 Å². The Labute approximate surface area is 113 Å². The minimum Gasteiger partial charge on any atom is -0.464 e. The van der Waals surface area contributed by atoms with Gasteiger partial charge < -0.3 is 14.9 Å². The Hall–Kier alpha value is -0.890. The molecule has 3 N–H and O–H groups in total. The van der Waals surface area contributed by atoms with E-state index in [1.165, 1.54) is 6.07 Å². The maximum absolute atomic E-state index is 12.1. The van der Waals surface area contributed by atoms with Gasteiger partial charge in [0.2, 0.25) is 10.0 Å². The van der Waals surface area contributed by atoms with E-state index in [1.54, 1.807) is 6.92 Å². The molecule has 2 heterocycles. The van der Waals surface area contributed by atoms with Crippen LogP contribution in [0.25, 0.3) is 0 Å². The molecule has 2 rings (SSSR count). The lowest BCUT2D eigenvalue weighted by molar-refractivity contribution is 0.184. The molecule has 1 aliphatic heterocycles. The molecule has 1 unspecified atom stereocenters. The van der Waals surface area contributed by atoms with Crippen molar-refractivity contribution in [2.45, 2.75) is 31.2 Å². The smallest absolute Gasteiger partial charge is 0.244 e. The van der Waals surface area contributed by atoms with Gasteiger partial charge >= 0.3 is 0 Å². The second-order valence-electron chi connectivity index (χ2n) is 4.75. The molecule has 108 valence electrons. The largest absolute Gasteiger partial charge is 0.464 e. The van der Waals surface area contributed by atoms with Crippen LogP contribution >= 0.6 is 0 Å². The van der Waals surface area contributed by atoms with Crippen molar-refractivity contribution in [2.75, 3.05) is 19.8 Å². The first-order valence-corrected chi connectivity index (χ1v) is 7.88. The Morgan fingerprint density at radius 3 is 2.89 bits per heavy atom. The van der Waals surface area contributed by atoms with Crippen molar-refractivity contribution in [3.8, 4) is 0 Å². The van der Waals surface area contributed by atoms with Crippen molar-refractivity contribution in [1.82, 2.24) is 4.72 Å². The number of sulfonamides is 1. The molecule has 1 fully saturated rings. The first-order valence-electron chi connectivity index (χ1n) is 6.39. The quantitative estimate of drug-likeness (QED) is 0.805. The molecule has 0 amide bonds. The lowest BCUT2D eigenvalue weighted by Crippen LogP contribution is -2.26. The molecule has 1 aromatic heterocycles. The highest BCUT2D eigenvalue weighted by Gasteiger charge is 2.22. The van der Waals surface area contributed by atoms with Crippen molar-refractivity contribution >= 4 is 10.0 Å². The molecule has 0 saturated carbocycles. The van der Waals surface area contributed by atoms with E-state index in [2.05, 4.69) is 4.72 Å². The van der Waals surface area contributed by atoms with Crippen molar-refractivity contribution in [1.29, 1.82) is 0 Å². The van der Waals surface area contributed by atoms with E-state index in [0.717, 1.165) is 26.1 Å². The van der Waals surface area contributed by atoms with Crippen LogP contribution in [0.3, 0.4) is 0 Å². The maximum Gasteiger partial charge on any atom is 0.244 e. The molecular formula is C12H20N2O4S. The van der Waals surface area contributed by atoms with Crippen LogP contribution in [0.4, 0.5) is 0 Å². The normalized spacial score (nSPS) is 20.0. The SMILES string of the molecule is Cc1oc(CN)cc1S(=O)(=O)NCCC1CCOC1. The highest BCUT2D eigenvalue weighted by atomic mass is 32.2. The van der Waals surface area contributed by atoms with Crippen LogP contribution in [0.5, 0.6) is 0 Å². The summed E-state index contributed by atoms with van der Waals surface area (Å²) in [5, 5.41) is 0. The molecule has 7 heteroatoms. The van der Waals surface area contributed by atoms with Gasteiger partial charge in [-0.15, -0.1) is 0 Å². The first-order chi connectivity index (χ1) is 9.03. The Kier molecular flexibility index (Phi) is 4.62. The molecular weight excluding hydrogens is 268 g/mol. The first kappa shape index (κ1) is 14.5. The highest BCUT2D eigenvalue weighted by molar-refractivity contribution is 7.89. The fraction of sp³-hybridized carbons (Fsp3) is 0.667. The van der Waals surface area contributed by atoms with E-state index in [-0.39, 0.29) is 11.4 Å². The molecule has 0 radical (unpaired) electrons. The molecule has 6 nitrogen and oxygen atoms in total. The summed E-state index contributed by atoms with van der Waals surface area (Å²) in [6, 6.07) is 1.48. The Balaban J connectivity index is 1.95. The molecule has 1 saturated heterocycles. The van der Waals surface area contributed by atoms with Gasteiger partial charge in [0.1, 0.15) is 16.4 Å². The number of aryl methyl sites for hydroxylation is 1. The van der Waals surface area contributed by atoms with Crippen LogP contribution in [-0.2, 0) is 21.3 Å². The Morgan fingerprint density at radius 1 is 1.53 bits per heavy atom. The van der Waals surface area contributed by atoms with Gasteiger partial charge in [-0.1, -0.05) is 0 Å². The summed E-state index contributed by atoms with van der Waals surface area (Å²) in [5.74, 6) is 1.30. The van der Waals surface area contributed by atoms with Gasteiger partial charge in [-0.05, 0) is 25.7 Å². The van der Waals surface area contributed by atoms with Gasteiger partial charge in [0.25, 0.3) is 0 Å². The third-order valence-corrected chi connectivity index (χ3v) is 4.85. The molecule has 0 bridgehead atoms. The van der Waals surface area contributed by atoms with Gasteiger partial charge in [0.05, 0.1) is 6.54 Å². The molecule has 19 heavy (non-hydrogen) atoms. The summed E-state index contributed by atoms with van der Waals surface area (Å²) in [7, 11) is -3.51. The molecule has 0 spiro atoms. The van der Waals surface area contributed by atoms with E-state index in [9.17, 15) is 8.42 Å². The van der Waals surface area contributed by atoms with Crippen LogP contribution in [0.2, 0.25) is 0 Å². The number of rotatable bonds is 6. The lowest BCUT2D eigenvalue weighted by Gasteiger charge is -2.08. The summed E-state index contributed by atoms with van der Waals surface area (Å²) in [6.07, 6.45) is 1.80. The minimum absolute atomic E-state index is 0.177. The van der Waals surface area contributed by atoms with Crippen molar-refractivity contribution in [3.05, 3.63) is 17.6 Å². The van der Waals surface area contributed by atoms with Crippen molar-refractivity contribution in [3.63, 3.8) is 0 Å². The van der Waals surface area contributed by atoms with Gasteiger partial charge in [-0.25, -0.2) is 13.1 Å². The fourth-order valence-electron chi connectivity index (χ4n) is 2.18. The number of hydrogen-bond donors (Lipinski definition) is 2. The Morgan fingerprint density at radius 2 is 2.32 bits per heavy atom. The van der Waals surface area contributed by atoms with E-state index >= 15 is 0 Å². The van der Waals surface area contributed by atoms with E-state index in [1.807, 2.05) is 0 Å². The summed E-state index contributed by atoms with van der Waals surface area (Å²) >= 11 is 0. The summed E-state index contributed by atoms with van der Waals surface area (Å²) in [4.78, 5) is 0.177. The van der Waals surface area contributed by atoms with Crippen LogP contribution in [0.15, 0.2) is 15.4 Å². The molecule has 1 atom stereocenters. The number of hydrogen-bond acceptors (Lipinski definition) is 5. The molecule has 1 aromatic rings. The fourth-order valence-corrected chi connectivity index (χ4v) is 3.43. The van der Waals surface area contributed by atoms with E-state index in [4.69, 9.17) is 14.9 Å². The number of nitrogens with one attached hydrogen (secondary N) is 1. The van der Waals surface area contributed by atoms with Crippen LogP contribution in [-0.4, -0.2) is 28.2 Å². The second-order valence-corrected chi connectivity index (χ2v) is 6.49. The highest BCUT2D eigenvalue weighted by Crippen LogP contribution is 2.20. The third-order valence-electron chi connectivity index (χ3n) is 3.28. The number of ether oxygens (including phenoxy) is 1. The zero-order valence-electron chi connectivity index (χ0n) is 11.0. The van der Waals surface area contributed by atoms with Crippen LogP contribution in [0, 0.1) is 12.8 Å². The summed E-state index contributed by atoms with van der Waals surface area (Å²) < 4.78 is 37.3. The Bertz CT molecular complexity index is 518. The van der Waals surface area contributed by atoms with Gasteiger partial charge in [-0.2, -0.15) is 0 Å². The van der Waals surface area contributed by atoms with Crippen LogP contribution in [0.1, 0.15) is 24.4 Å². The minimum atomic E-state index is -3.51. The summed E-state index contributed by atoms with van der Waals surface area (Å²) in [6.45, 7) is 3.73. The lowest BCUT2D eigenvalue weighted by atomic mass is 10.1. The predicted molar refractivity (Wildman–Crippen MR) is 70.1 cm³/mol. The van der Waals surface area contributed by atoms with Crippen LogP contribution < -0.4 is 10.5 Å². The molecule has 0 aromatic carbocycles. The third kappa shape index (κ3) is 3.56. The van der Waals surface area contributed by atoms with E-state index in [0.29, 0.717) is 24.0 Å². The number of nitrogens with two attached hydrogens (primary N) is 1. The molecule has 1 aliphatic rings. The number of furan rings is 1. The summed E-state index contributed by atoms with van der Waals surface area (Å²) in [5.41, 5.74) is 5.44. The standard InChI is InChI=1S/C12H20N2O4S/c1-9-12(6-11(7-13)18-9)19(15,16)14-4-2-10-3-5-17-8-10/h6,10,14H,2-5,7-8,13H2,1H3. The van der Waals surface area contributed by atoms with Crippen molar-refractivity contribution < 1.29 is 17.6 Å². The maximum atomic E-state index is 12.1. The van der Waals surface area contributed by atoms with Gasteiger partial charge in [0.15, 0.2) is 0 Å². The van der Waals surface area contributed by atoms with Crippen molar-refractivity contribution in [2.24, 2.45) is 11.7 Å². The van der Waals surface area contributed by atoms with Gasteiger partial charge in [0, 0.05) is 25.8 Å². The molecule has 0 aliphatic carbocycles. The predicted octanol–water partition coefficient (Wildman–Crippen LogP) is 0.752. The van der Waals surface area contributed by atoms with Gasteiger partial charge in [-0.3, -0.25) is 0 Å². The van der Waals surface area contributed by atoms with E-state index < -0.39 is 10.0 Å². The zero-order chi connectivity index (χ0) is 13.9. The second kappa shape index (κ2) is 6.04. The average Bonchev–Trinajstić information content (AvgIpc) is 2.98. The average molecular weight is 288 g/mol.